The van der Waals surface area contributed by atoms with Crippen LogP contribution < -0.4 is 5.32 Å². The molecule has 1 saturated heterocycles. The van der Waals surface area contributed by atoms with Gasteiger partial charge >= 0.3 is 0 Å². The Kier molecular flexibility index (Phi) is 1.93. The Balaban J connectivity index is 2.19. The van der Waals surface area contributed by atoms with E-state index in [0.29, 0.717) is 11.8 Å². The predicted molar refractivity (Wildman–Crippen MR) is 48.2 cm³/mol. The van der Waals surface area contributed by atoms with Gasteiger partial charge in [-0.15, -0.1) is 0 Å². The lowest BCUT2D eigenvalue weighted by molar-refractivity contribution is 0.417. The second-order valence-corrected chi connectivity index (χ2v) is 3.69. The number of aryl methyl sites for hydroxylation is 1. The Bertz CT molecular complexity index is 267. The molecule has 0 bridgehead atoms. The summed E-state index contributed by atoms with van der Waals surface area (Å²) in [4.78, 5) is 0. The summed E-state index contributed by atoms with van der Waals surface area (Å²) in [5.74, 6) is 3.45. The maximum atomic E-state index is 5.60. The Labute approximate surface area is 73.0 Å². The Morgan fingerprint density at radius 2 is 2.25 bits per heavy atom. The standard InChI is InChI=1S/C10H15NO/c1-7-5-11-6-9(7)10-4-3-8(2)12-10/h3-4,7,9,11H,5-6H2,1-2H3. The molecule has 2 unspecified atom stereocenters. The normalized spacial score (nSPS) is 29.5. The zero-order chi connectivity index (χ0) is 8.55. The van der Waals surface area contributed by atoms with Gasteiger partial charge in [-0.25, -0.2) is 0 Å². The van der Waals surface area contributed by atoms with Crippen molar-refractivity contribution in [3.63, 3.8) is 0 Å². The van der Waals surface area contributed by atoms with Crippen LogP contribution in [0.5, 0.6) is 0 Å². The van der Waals surface area contributed by atoms with E-state index >= 15 is 0 Å². The lowest BCUT2D eigenvalue weighted by Gasteiger charge is -2.09. The second-order valence-electron chi connectivity index (χ2n) is 3.69. The molecule has 2 atom stereocenters. The molecule has 1 fully saturated rings. The average Bonchev–Trinajstić information content (AvgIpc) is 2.58. The molecular formula is C10H15NO. The monoisotopic (exact) mass is 165 g/mol. The predicted octanol–water partition coefficient (Wildman–Crippen LogP) is 1.91. The molecule has 0 saturated carbocycles. The summed E-state index contributed by atoms with van der Waals surface area (Å²) in [6.45, 7) is 6.44. The highest BCUT2D eigenvalue weighted by Gasteiger charge is 2.26. The summed E-state index contributed by atoms with van der Waals surface area (Å²) >= 11 is 0. The smallest absolute Gasteiger partial charge is 0.108 e. The molecule has 0 radical (unpaired) electrons. The van der Waals surface area contributed by atoms with Crippen molar-refractivity contribution in [3.05, 3.63) is 23.7 Å². The van der Waals surface area contributed by atoms with E-state index in [1.165, 1.54) is 0 Å². The molecule has 0 spiro atoms. The fourth-order valence-electron chi connectivity index (χ4n) is 1.84. The van der Waals surface area contributed by atoms with Crippen LogP contribution in [0, 0.1) is 12.8 Å². The van der Waals surface area contributed by atoms with Crippen LogP contribution in [-0.4, -0.2) is 13.1 Å². The number of hydrogen-bond acceptors (Lipinski definition) is 2. The van der Waals surface area contributed by atoms with Crippen molar-refractivity contribution in [3.8, 4) is 0 Å². The average molecular weight is 165 g/mol. The molecule has 2 nitrogen and oxygen atoms in total. The first-order chi connectivity index (χ1) is 5.77. The fourth-order valence-corrected chi connectivity index (χ4v) is 1.84. The maximum absolute atomic E-state index is 5.60. The van der Waals surface area contributed by atoms with Gasteiger partial charge in [0.1, 0.15) is 11.5 Å². The quantitative estimate of drug-likeness (QED) is 0.687. The molecule has 1 aromatic rings. The zero-order valence-electron chi connectivity index (χ0n) is 7.63. The highest BCUT2D eigenvalue weighted by atomic mass is 16.3. The number of furan rings is 1. The van der Waals surface area contributed by atoms with Crippen molar-refractivity contribution in [2.45, 2.75) is 19.8 Å². The largest absolute Gasteiger partial charge is 0.466 e. The minimum atomic E-state index is 0.582. The summed E-state index contributed by atoms with van der Waals surface area (Å²) in [6.07, 6.45) is 0. The van der Waals surface area contributed by atoms with Crippen molar-refractivity contribution in [2.24, 2.45) is 5.92 Å². The maximum Gasteiger partial charge on any atom is 0.108 e. The summed E-state index contributed by atoms with van der Waals surface area (Å²) in [5.41, 5.74) is 0. The molecular weight excluding hydrogens is 150 g/mol. The van der Waals surface area contributed by atoms with Gasteiger partial charge < -0.3 is 9.73 Å². The van der Waals surface area contributed by atoms with Crippen molar-refractivity contribution in [1.82, 2.24) is 5.32 Å². The molecule has 1 N–H and O–H groups in total. The van der Waals surface area contributed by atoms with Gasteiger partial charge in [0.15, 0.2) is 0 Å². The van der Waals surface area contributed by atoms with Gasteiger partial charge in [-0.3, -0.25) is 0 Å². The highest BCUT2D eigenvalue weighted by Crippen LogP contribution is 2.28. The van der Waals surface area contributed by atoms with Gasteiger partial charge in [0.05, 0.1) is 0 Å². The van der Waals surface area contributed by atoms with Crippen LogP contribution in [0.4, 0.5) is 0 Å². The molecule has 2 heterocycles. The molecule has 1 aliphatic heterocycles. The van der Waals surface area contributed by atoms with E-state index in [0.717, 1.165) is 24.6 Å². The van der Waals surface area contributed by atoms with E-state index in [2.05, 4.69) is 18.3 Å². The minimum Gasteiger partial charge on any atom is -0.466 e. The molecule has 12 heavy (non-hydrogen) atoms. The van der Waals surface area contributed by atoms with Crippen LogP contribution in [0.2, 0.25) is 0 Å². The molecule has 2 rings (SSSR count). The van der Waals surface area contributed by atoms with Crippen LogP contribution in [0.1, 0.15) is 24.4 Å². The number of nitrogens with one attached hydrogen (secondary N) is 1. The molecule has 1 aromatic heterocycles. The van der Waals surface area contributed by atoms with Crippen molar-refractivity contribution < 1.29 is 4.42 Å². The first-order valence-corrected chi connectivity index (χ1v) is 4.54. The van der Waals surface area contributed by atoms with Crippen molar-refractivity contribution >= 4 is 0 Å². The van der Waals surface area contributed by atoms with Crippen molar-refractivity contribution in [2.75, 3.05) is 13.1 Å². The summed E-state index contributed by atoms with van der Waals surface area (Å²) < 4.78 is 5.60. The Hall–Kier alpha value is -0.760. The molecule has 2 heteroatoms. The van der Waals surface area contributed by atoms with E-state index in [9.17, 15) is 0 Å². The van der Waals surface area contributed by atoms with E-state index in [-0.39, 0.29) is 0 Å². The Morgan fingerprint density at radius 3 is 2.75 bits per heavy atom. The SMILES string of the molecule is Cc1ccc(C2CNCC2C)o1. The van der Waals surface area contributed by atoms with Gasteiger partial charge in [-0.2, -0.15) is 0 Å². The lowest BCUT2D eigenvalue weighted by Crippen LogP contribution is -2.07. The van der Waals surface area contributed by atoms with Gasteiger partial charge in [0.2, 0.25) is 0 Å². The number of rotatable bonds is 1. The molecule has 0 amide bonds. The molecule has 0 aromatic carbocycles. The van der Waals surface area contributed by atoms with Crippen LogP contribution in [-0.2, 0) is 0 Å². The third kappa shape index (κ3) is 1.27. The molecule has 1 aliphatic rings. The second kappa shape index (κ2) is 2.94. The van der Waals surface area contributed by atoms with Crippen LogP contribution in [0.15, 0.2) is 16.5 Å². The van der Waals surface area contributed by atoms with Gasteiger partial charge in [-0.1, -0.05) is 6.92 Å². The van der Waals surface area contributed by atoms with Crippen LogP contribution in [0.3, 0.4) is 0 Å². The van der Waals surface area contributed by atoms with E-state index < -0.39 is 0 Å². The van der Waals surface area contributed by atoms with E-state index in [1.54, 1.807) is 0 Å². The minimum absolute atomic E-state index is 0.582. The van der Waals surface area contributed by atoms with Crippen LogP contribution >= 0.6 is 0 Å². The summed E-state index contributed by atoms with van der Waals surface area (Å²) in [7, 11) is 0. The molecule has 0 aliphatic carbocycles. The number of hydrogen-bond donors (Lipinski definition) is 1. The summed E-state index contributed by atoms with van der Waals surface area (Å²) in [5, 5.41) is 3.37. The highest BCUT2D eigenvalue weighted by molar-refractivity contribution is 5.13. The summed E-state index contributed by atoms with van der Waals surface area (Å²) in [6, 6.07) is 4.14. The van der Waals surface area contributed by atoms with E-state index in [1.807, 2.05) is 13.0 Å². The third-order valence-corrected chi connectivity index (χ3v) is 2.64. The van der Waals surface area contributed by atoms with Gasteiger partial charge in [0.25, 0.3) is 0 Å². The first kappa shape index (κ1) is 7.87. The van der Waals surface area contributed by atoms with E-state index in [4.69, 9.17) is 4.42 Å². The zero-order valence-corrected chi connectivity index (χ0v) is 7.63. The van der Waals surface area contributed by atoms with Gasteiger partial charge in [0, 0.05) is 12.5 Å². The third-order valence-electron chi connectivity index (χ3n) is 2.64. The molecule has 66 valence electrons. The lowest BCUT2D eigenvalue weighted by atomic mass is 9.96. The van der Waals surface area contributed by atoms with Gasteiger partial charge in [-0.05, 0) is 31.5 Å². The fraction of sp³-hybridized carbons (Fsp3) is 0.600. The van der Waals surface area contributed by atoms with Crippen molar-refractivity contribution in [1.29, 1.82) is 0 Å². The topological polar surface area (TPSA) is 25.2 Å². The first-order valence-electron chi connectivity index (χ1n) is 4.54. The van der Waals surface area contributed by atoms with Crippen LogP contribution in [0.25, 0.3) is 0 Å². The Morgan fingerprint density at radius 1 is 1.42 bits per heavy atom.